The Hall–Kier alpha value is -3.03. The Balaban J connectivity index is 2.33. The molecule has 0 aliphatic heterocycles. The van der Waals surface area contributed by atoms with E-state index in [1.165, 1.54) is 18.2 Å². The van der Waals surface area contributed by atoms with Crippen LogP contribution in [0.4, 0.5) is 4.39 Å². The molecule has 7 nitrogen and oxygen atoms in total. The highest BCUT2D eigenvalue weighted by molar-refractivity contribution is 5.97. The Morgan fingerprint density at radius 1 is 1.08 bits per heavy atom. The highest BCUT2D eigenvalue weighted by Gasteiger charge is 2.22. The molecule has 0 N–H and O–H groups in total. The zero-order valence-electron chi connectivity index (χ0n) is 14.7. The minimum absolute atomic E-state index is 0.0594. The maximum absolute atomic E-state index is 13.7. The van der Waals surface area contributed by atoms with Gasteiger partial charge in [-0.15, -0.1) is 0 Å². The number of ketones is 1. The van der Waals surface area contributed by atoms with Gasteiger partial charge in [-0.2, -0.15) is 5.10 Å². The maximum atomic E-state index is 13.7. The second-order valence-electron chi connectivity index (χ2n) is 5.40. The van der Waals surface area contributed by atoms with Crippen molar-refractivity contribution < 1.29 is 28.2 Å². The predicted molar refractivity (Wildman–Crippen MR) is 89.6 cm³/mol. The number of benzene rings is 1. The second-order valence-corrected chi connectivity index (χ2v) is 5.40. The van der Waals surface area contributed by atoms with Crippen LogP contribution in [0.2, 0.25) is 0 Å². The highest BCUT2D eigenvalue weighted by atomic mass is 19.1. The fourth-order valence-corrected chi connectivity index (χ4v) is 2.21. The zero-order chi connectivity index (χ0) is 19.3. The highest BCUT2D eigenvalue weighted by Crippen LogP contribution is 2.13. The van der Waals surface area contributed by atoms with Gasteiger partial charge in [-0.3, -0.25) is 4.79 Å². The number of aromatic nitrogens is 2. The molecule has 8 heteroatoms. The smallest absolute Gasteiger partial charge is 0.358 e. The Bertz CT molecular complexity index is 844. The number of halogens is 1. The van der Waals surface area contributed by atoms with Crippen molar-refractivity contribution in [2.24, 2.45) is 0 Å². The molecule has 26 heavy (non-hydrogen) atoms. The first-order valence-corrected chi connectivity index (χ1v) is 8.08. The summed E-state index contributed by atoms with van der Waals surface area (Å²) in [5.41, 5.74) is 0.377. The van der Waals surface area contributed by atoms with E-state index < -0.39 is 23.5 Å². The van der Waals surface area contributed by atoms with Crippen LogP contribution in [0.25, 0.3) is 0 Å². The van der Waals surface area contributed by atoms with Crippen molar-refractivity contribution in [2.45, 2.75) is 27.3 Å². The van der Waals surface area contributed by atoms with Crippen molar-refractivity contribution in [2.75, 3.05) is 13.2 Å². The molecule has 1 aromatic carbocycles. The first-order valence-electron chi connectivity index (χ1n) is 8.08. The minimum Gasteiger partial charge on any atom is -0.461 e. The first kappa shape index (κ1) is 19.3. The van der Waals surface area contributed by atoms with E-state index >= 15 is 0 Å². The molecular weight excluding hydrogens is 343 g/mol. The van der Waals surface area contributed by atoms with E-state index in [2.05, 4.69) is 5.10 Å². The lowest BCUT2D eigenvalue weighted by atomic mass is 10.1. The summed E-state index contributed by atoms with van der Waals surface area (Å²) in [5.74, 6) is -2.41. The van der Waals surface area contributed by atoms with Crippen molar-refractivity contribution >= 4 is 17.7 Å². The number of rotatable bonds is 7. The van der Waals surface area contributed by atoms with Gasteiger partial charge >= 0.3 is 11.9 Å². The summed E-state index contributed by atoms with van der Waals surface area (Å²) in [6, 6.07) is 5.30. The summed E-state index contributed by atoms with van der Waals surface area (Å²) in [6.07, 6.45) is 0. The van der Waals surface area contributed by atoms with Crippen LogP contribution in [0.1, 0.15) is 50.7 Å². The van der Waals surface area contributed by atoms with Gasteiger partial charge in [0.25, 0.3) is 0 Å². The quantitative estimate of drug-likeness (QED) is 0.556. The van der Waals surface area contributed by atoms with E-state index in [0.29, 0.717) is 5.56 Å². The van der Waals surface area contributed by atoms with E-state index in [1.807, 2.05) is 0 Å². The fraction of sp³-hybridized carbons (Fsp3) is 0.333. The molecule has 1 aromatic heterocycles. The number of hydrogen-bond acceptors (Lipinski definition) is 6. The van der Waals surface area contributed by atoms with Crippen molar-refractivity contribution in [3.8, 4) is 0 Å². The number of ether oxygens (including phenoxy) is 2. The van der Waals surface area contributed by atoms with Gasteiger partial charge in [-0.25, -0.2) is 18.7 Å². The normalized spacial score (nSPS) is 10.5. The van der Waals surface area contributed by atoms with E-state index in [-0.39, 0.29) is 36.7 Å². The fourth-order valence-electron chi connectivity index (χ4n) is 2.21. The second kappa shape index (κ2) is 8.37. The van der Waals surface area contributed by atoms with Gasteiger partial charge < -0.3 is 9.47 Å². The summed E-state index contributed by atoms with van der Waals surface area (Å²) < 4.78 is 24.5. The molecule has 0 aliphatic carbocycles. The van der Waals surface area contributed by atoms with Crippen LogP contribution < -0.4 is 0 Å². The van der Waals surface area contributed by atoms with Crippen LogP contribution >= 0.6 is 0 Å². The molecule has 0 bridgehead atoms. The molecule has 0 saturated heterocycles. The molecule has 0 atom stereocenters. The topological polar surface area (TPSA) is 87.5 Å². The number of hydrogen-bond donors (Lipinski definition) is 0. The molecule has 0 aliphatic rings. The van der Waals surface area contributed by atoms with Crippen LogP contribution in [-0.4, -0.2) is 40.7 Å². The lowest BCUT2D eigenvalue weighted by molar-refractivity contribution is 0.0505. The third-order valence-corrected chi connectivity index (χ3v) is 3.54. The molecule has 0 fully saturated rings. The molecule has 1 heterocycles. The average Bonchev–Trinajstić information content (AvgIpc) is 3.01. The largest absolute Gasteiger partial charge is 0.461 e. The van der Waals surface area contributed by atoms with E-state index in [1.54, 1.807) is 20.8 Å². The SMILES string of the molecule is CCOC(=O)c1cc(C(=O)OCC)n(CC(=O)c2ccc(C)c(F)c2)n1. The molecular formula is C18H19FN2O5. The van der Waals surface area contributed by atoms with Crippen molar-refractivity contribution in [1.29, 1.82) is 0 Å². The number of aryl methyl sites for hydroxylation is 1. The van der Waals surface area contributed by atoms with Crippen LogP contribution in [0.15, 0.2) is 24.3 Å². The third-order valence-electron chi connectivity index (χ3n) is 3.54. The van der Waals surface area contributed by atoms with Crippen molar-refractivity contribution in [3.63, 3.8) is 0 Å². The Labute approximate surface area is 149 Å². The summed E-state index contributed by atoms with van der Waals surface area (Å²) in [4.78, 5) is 36.3. The lowest BCUT2D eigenvalue weighted by Crippen LogP contribution is -2.18. The molecule has 138 valence electrons. The maximum Gasteiger partial charge on any atom is 0.358 e. The van der Waals surface area contributed by atoms with Gasteiger partial charge in [0.2, 0.25) is 0 Å². The summed E-state index contributed by atoms with van der Waals surface area (Å²) in [6.45, 7) is 4.76. The van der Waals surface area contributed by atoms with Gasteiger partial charge in [-0.05, 0) is 32.4 Å². The Morgan fingerprint density at radius 3 is 2.35 bits per heavy atom. The van der Waals surface area contributed by atoms with Gasteiger partial charge in [0.1, 0.15) is 18.1 Å². The van der Waals surface area contributed by atoms with Crippen LogP contribution in [0, 0.1) is 12.7 Å². The standard InChI is InChI=1S/C18H19FN2O5/c1-4-25-17(23)14-9-15(18(24)26-5-2)21(20-14)10-16(22)12-7-6-11(3)13(19)8-12/h6-9H,4-5,10H2,1-3H3. The Morgan fingerprint density at radius 2 is 1.73 bits per heavy atom. The first-order chi connectivity index (χ1) is 12.4. The minimum atomic E-state index is -0.724. The molecule has 0 radical (unpaired) electrons. The molecule has 2 rings (SSSR count). The van der Waals surface area contributed by atoms with Gasteiger partial charge in [-0.1, -0.05) is 12.1 Å². The summed E-state index contributed by atoms with van der Waals surface area (Å²) in [5, 5.41) is 3.96. The number of carbonyl (C=O) groups is 3. The number of carbonyl (C=O) groups excluding carboxylic acids is 3. The van der Waals surface area contributed by atoms with Crippen LogP contribution in [-0.2, 0) is 16.0 Å². The lowest BCUT2D eigenvalue weighted by Gasteiger charge is -2.07. The van der Waals surface area contributed by atoms with E-state index in [4.69, 9.17) is 9.47 Å². The third kappa shape index (κ3) is 4.33. The molecule has 0 saturated carbocycles. The van der Waals surface area contributed by atoms with Gasteiger partial charge in [0.05, 0.1) is 13.2 Å². The van der Waals surface area contributed by atoms with E-state index in [0.717, 1.165) is 10.7 Å². The molecule has 0 amide bonds. The number of Topliss-reactive ketones (excluding diaryl/α,β-unsaturated/α-hetero) is 1. The summed E-state index contributed by atoms with van der Waals surface area (Å²) >= 11 is 0. The van der Waals surface area contributed by atoms with Crippen molar-refractivity contribution in [3.05, 3.63) is 52.6 Å². The van der Waals surface area contributed by atoms with Gasteiger partial charge in [0.15, 0.2) is 11.5 Å². The predicted octanol–water partition coefficient (Wildman–Crippen LogP) is 2.57. The average molecular weight is 362 g/mol. The molecule has 0 spiro atoms. The molecule has 2 aromatic rings. The Kier molecular flexibility index (Phi) is 6.21. The zero-order valence-corrected chi connectivity index (χ0v) is 14.7. The van der Waals surface area contributed by atoms with Crippen molar-refractivity contribution in [1.82, 2.24) is 9.78 Å². The number of nitrogens with zero attached hydrogens (tertiary/aromatic N) is 2. The van der Waals surface area contributed by atoms with Crippen LogP contribution in [0.5, 0.6) is 0 Å². The monoisotopic (exact) mass is 362 g/mol. The van der Waals surface area contributed by atoms with E-state index in [9.17, 15) is 18.8 Å². The van der Waals surface area contributed by atoms with Crippen LogP contribution in [0.3, 0.4) is 0 Å². The number of esters is 2. The summed E-state index contributed by atoms with van der Waals surface area (Å²) in [7, 11) is 0. The van der Waals surface area contributed by atoms with Gasteiger partial charge in [0, 0.05) is 11.6 Å². The molecule has 0 unspecified atom stereocenters.